The summed E-state index contributed by atoms with van der Waals surface area (Å²) >= 11 is 0. The molecule has 0 aromatic rings. The Balaban J connectivity index is 1.40. The molecule has 6 rings (SSSR count). The van der Waals surface area contributed by atoms with Crippen molar-refractivity contribution in [2.75, 3.05) is 6.61 Å². The van der Waals surface area contributed by atoms with E-state index in [0.29, 0.717) is 44.9 Å². The Hall–Kier alpha value is -1.64. The van der Waals surface area contributed by atoms with E-state index < -0.39 is 106 Å². The van der Waals surface area contributed by atoms with Crippen molar-refractivity contribution in [2.24, 2.45) is 50.2 Å². The average molecular weight is 681 g/mol. The van der Waals surface area contributed by atoms with Crippen LogP contribution in [0, 0.1) is 50.2 Å². The number of esters is 1. The lowest BCUT2D eigenvalue weighted by atomic mass is 9.33. The van der Waals surface area contributed by atoms with Crippen LogP contribution in [0.3, 0.4) is 0 Å². The highest BCUT2D eigenvalue weighted by Gasteiger charge is 2.73. The zero-order valence-corrected chi connectivity index (χ0v) is 29.0. The first-order valence-electron chi connectivity index (χ1n) is 17.7. The largest absolute Gasteiger partial charge is 0.481 e. The van der Waals surface area contributed by atoms with Gasteiger partial charge in [0, 0.05) is 5.92 Å². The molecule has 4 saturated carbocycles. The number of hydrogen-bond donors (Lipinski definition) is 8. The molecule has 5 fully saturated rings. The number of fused-ring (bicyclic) bond motifs is 7. The van der Waals surface area contributed by atoms with Crippen LogP contribution in [-0.4, -0.2) is 108 Å². The summed E-state index contributed by atoms with van der Waals surface area (Å²) in [5, 5.41) is 85.7. The lowest BCUT2D eigenvalue weighted by Gasteiger charge is -2.71. The Morgan fingerprint density at radius 1 is 0.854 bits per heavy atom. The van der Waals surface area contributed by atoms with Gasteiger partial charge in [0.15, 0.2) is 0 Å². The number of rotatable bonds is 4. The molecule has 1 heterocycles. The molecule has 1 saturated heterocycles. The smallest absolute Gasteiger partial charge is 0.315 e. The fraction of sp³-hybridized carbons (Fsp3) is 0.889. The standard InChI is InChI=1S/C36H56O12/c1-31(2)11-13-36(30(46)48-28-25(41)24(40)23(39)19(16-37)47-28)14-12-33(4)17(22(36)27(31)43)7-8-20-32(3)15-18(38)26(42)35(6,29(44)45)21(32)9-10-34(20,33)5/h7,18-28,37-43H,8-16H2,1-6H3,(H,44,45)/t18-,19-,20+,21-,22+,23-,24+,25-,26+,27-,28+,32-,33-,34-,35-,36+/m1/s1. The van der Waals surface area contributed by atoms with Crippen molar-refractivity contribution in [1.82, 2.24) is 0 Å². The summed E-state index contributed by atoms with van der Waals surface area (Å²) in [7, 11) is 0. The second-order valence-corrected chi connectivity index (χ2v) is 17.8. The number of aliphatic carboxylic acids is 1. The monoisotopic (exact) mass is 680 g/mol. The first-order chi connectivity index (χ1) is 22.2. The lowest BCUT2D eigenvalue weighted by Crippen LogP contribution is -2.69. The van der Waals surface area contributed by atoms with Crippen molar-refractivity contribution >= 4 is 11.9 Å². The summed E-state index contributed by atoms with van der Waals surface area (Å²) in [6.07, 6.45) is -5.35. The van der Waals surface area contributed by atoms with E-state index in [2.05, 4.69) is 26.8 Å². The van der Waals surface area contributed by atoms with E-state index in [4.69, 9.17) is 9.47 Å². The highest BCUT2D eigenvalue weighted by Crippen LogP contribution is 2.76. The van der Waals surface area contributed by atoms with Gasteiger partial charge in [0.05, 0.1) is 35.7 Å². The van der Waals surface area contributed by atoms with Crippen molar-refractivity contribution in [1.29, 1.82) is 0 Å². The third-order valence-electron chi connectivity index (χ3n) is 15.4. The van der Waals surface area contributed by atoms with Gasteiger partial charge in [0.1, 0.15) is 24.4 Å². The van der Waals surface area contributed by atoms with E-state index in [0.717, 1.165) is 5.57 Å². The molecule has 0 aromatic heterocycles. The molecule has 272 valence electrons. The summed E-state index contributed by atoms with van der Waals surface area (Å²) in [4.78, 5) is 27.2. The topological polar surface area (TPSA) is 214 Å². The lowest BCUT2D eigenvalue weighted by molar-refractivity contribution is -0.298. The van der Waals surface area contributed by atoms with Crippen LogP contribution in [0.2, 0.25) is 0 Å². The Bertz CT molecular complexity index is 1350. The van der Waals surface area contributed by atoms with Crippen LogP contribution in [0.5, 0.6) is 0 Å². The first-order valence-corrected chi connectivity index (χ1v) is 17.7. The Morgan fingerprint density at radius 2 is 1.50 bits per heavy atom. The number of allylic oxidation sites excluding steroid dienone is 1. The maximum absolute atomic E-state index is 14.4. The number of carboxylic acid groups (broad SMARTS) is 1. The fourth-order valence-corrected chi connectivity index (χ4v) is 12.1. The summed E-state index contributed by atoms with van der Waals surface area (Å²) in [6, 6.07) is 0. The van der Waals surface area contributed by atoms with Crippen LogP contribution in [0.4, 0.5) is 0 Å². The summed E-state index contributed by atoms with van der Waals surface area (Å²) < 4.78 is 11.4. The van der Waals surface area contributed by atoms with Crippen molar-refractivity contribution in [2.45, 2.75) is 142 Å². The number of carboxylic acids is 1. The minimum Gasteiger partial charge on any atom is -0.481 e. The molecule has 5 aliphatic carbocycles. The second kappa shape index (κ2) is 11.4. The fourth-order valence-electron chi connectivity index (χ4n) is 12.1. The number of carbonyl (C=O) groups is 2. The third-order valence-corrected chi connectivity index (χ3v) is 15.4. The van der Waals surface area contributed by atoms with E-state index >= 15 is 0 Å². The third kappa shape index (κ3) is 4.55. The van der Waals surface area contributed by atoms with Gasteiger partial charge in [0.2, 0.25) is 6.29 Å². The second-order valence-electron chi connectivity index (χ2n) is 17.8. The van der Waals surface area contributed by atoms with Gasteiger partial charge >= 0.3 is 11.9 Å². The molecular formula is C36H56O12. The molecular weight excluding hydrogens is 624 g/mol. The van der Waals surface area contributed by atoms with E-state index in [1.165, 1.54) is 0 Å². The molecule has 6 aliphatic rings. The molecule has 0 radical (unpaired) electrons. The zero-order valence-electron chi connectivity index (χ0n) is 29.0. The average Bonchev–Trinajstić information content (AvgIpc) is 3.02. The predicted molar refractivity (Wildman–Crippen MR) is 170 cm³/mol. The molecule has 16 atom stereocenters. The molecule has 0 amide bonds. The van der Waals surface area contributed by atoms with Gasteiger partial charge in [-0.3, -0.25) is 9.59 Å². The minimum atomic E-state index is -1.74. The van der Waals surface area contributed by atoms with Gasteiger partial charge in [-0.2, -0.15) is 0 Å². The maximum Gasteiger partial charge on any atom is 0.315 e. The number of ether oxygens (including phenoxy) is 2. The molecule has 0 unspecified atom stereocenters. The molecule has 0 bridgehead atoms. The molecule has 12 heteroatoms. The molecule has 1 aliphatic heterocycles. The molecule has 8 N–H and O–H groups in total. The van der Waals surface area contributed by atoms with E-state index in [1.54, 1.807) is 6.92 Å². The quantitative estimate of drug-likeness (QED) is 0.157. The number of aliphatic hydroxyl groups excluding tert-OH is 7. The molecule has 12 nitrogen and oxygen atoms in total. The van der Waals surface area contributed by atoms with Gasteiger partial charge in [-0.25, -0.2) is 0 Å². The number of hydrogen-bond acceptors (Lipinski definition) is 11. The Morgan fingerprint density at radius 3 is 2.12 bits per heavy atom. The predicted octanol–water partition coefficient (Wildman–Crippen LogP) is 1.50. The van der Waals surface area contributed by atoms with Gasteiger partial charge in [0.25, 0.3) is 0 Å². The Labute approximate surface area is 282 Å². The summed E-state index contributed by atoms with van der Waals surface area (Å²) in [5.41, 5.74) is -3.75. The molecule has 0 spiro atoms. The van der Waals surface area contributed by atoms with Crippen molar-refractivity contribution in [3.05, 3.63) is 11.6 Å². The highest BCUT2D eigenvalue weighted by atomic mass is 16.7. The van der Waals surface area contributed by atoms with E-state index in [-0.39, 0.29) is 18.3 Å². The zero-order chi connectivity index (χ0) is 35.6. The first kappa shape index (κ1) is 36.2. The van der Waals surface area contributed by atoms with Crippen molar-refractivity contribution in [3.63, 3.8) is 0 Å². The van der Waals surface area contributed by atoms with Crippen LogP contribution in [0.15, 0.2) is 11.6 Å². The molecule has 48 heavy (non-hydrogen) atoms. The number of aliphatic hydroxyl groups is 7. The van der Waals surface area contributed by atoms with Gasteiger partial charge in [-0.1, -0.05) is 46.3 Å². The minimum absolute atomic E-state index is 0.0411. The SMILES string of the molecule is CC1(C)CC[C@]2(C(=O)O[C@@H]3O[C@H](CO)[C@@H](O)[C@H](O)[C@H]3O)CC[C@]3(C)C(=CC[C@H]4[C@@]5(C)C[C@@H](O)[C@H](O)[C@](C)(C(=O)O)[C@@H]5CC[C@]43C)[C@H]2[C@H]1O. The normalized spacial score (nSPS) is 54.4. The van der Waals surface area contributed by atoms with Gasteiger partial charge in [-0.15, -0.1) is 0 Å². The Kier molecular flexibility index (Phi) is 8.61. The number of carbonyl (C=O) groups excluding carboxylic acids is 1. The summed E-state index contributed by atoms with van der Waals surface area (Å²) in [5.74, 6) is -2.82. The van der Waals surface area contributed by atoms with Crippen molar-refractivity contribution in [3.8, 4) is 0 Å². The maximum atomic E-state index is 14.4. The van der Waals surface area contributed by atoms with E-state index in [9.17, 15) is 50.4 Å². The van der Waals surface area contributed by atoms with E-state index in [1.807, 2.05) is 13.8 Å². The van der Waals surface area contributed by atoms with Gasteiger partial charge in [-0.05, 0) is 91.8 Å². The summed E-state index contributed by atoms with van der Waals surface area (Å²) in [6.45, 7) is 11.4. The molecule has 0 aromatic carbocycles. The van der Waals surface area contributed by atoms with Crippen molar-refractivity contribution < 1.29 is 59.9 Å². The van der Waals surface area contributed by atoms with Crippen LogP contribution in [-0.2, 0) is 19.1 Å². The van der Waals surface area contributed by atoms with Crippen LogP contribution in [0.1, 0.15) is 92.9 Å². The van der Waals surface area contributed by atoms with Crippen LogP contribution >= 0.6 is 0 Å². The van der Waals surface area contributed by atoms with Crippen LogP contribution < -0.4 is 0 Å². The van der Waals surface area contributed by atoms with Crippen LogP contribution in [0.25, 0.3) is 0 Å². The van der Waals surface area contributed by atoms with Gasteiger partial charge < -0.3 is 50.3 Å². The highest BCUT2D eigenvalue weighted by molar-refractivity contribution is 5.79.